The zero-order valence-electron chi connectivity index (χ0n) is 13.7. The van der Waals surface area contributed by atoms with Crippen molar-refractivity contribution in [2.24, 2.45) is 7.05 Å². The number of nitrogens with one attached hydrogen (secondary N) is 2. The number of aryl methyl sites for hydroxylation is 2. The second-order valence-electron chi connectivity index (χ2n) is 5.89. The second kappa shape index (κ2) is 6.73. The number of rotatable bonds is 5. The Morgan fingerprint density at radius 3 is 2.96 bits per heavy atom. The van der Waals surface area contributed by atoms with Gasteiger partial charge in [-0.2, -0.15) is 5.10 Å². The highest BCUT2D eigenvalue weighted by Crippen LogP contribution is 2.27. The predicted molar refractivity (Wildman–Crippen MR) is 91.9 cm³/mol. The minimum atomic E-state index is -0.185. The summed E-state index contributed by atoms with van der Waals surface area (Å²) in [5.41, 5.74) is 3.64. The zero-order valence-corrected chi connectivity index (χ0v) is 13.7. The Morgan fingerprint density at radius 2 is 2.17 bits per heavy atom. The molecular formula is C17H23N5O. The van der Waals surface area contributed by atoms with Crippen LogP contribution < -0.4 is 15.5 Å². The van der Waals surface area contributed by atoms with Crippen LogP contribution in [0.1, 0.15) is 17.7 Å². The van der Waals surface area contributed by atoms with Crippen LogP contribution in [0.15, 0.2) is 30.3 Å². The highest BCUT2D eigenvalue weighted by Gasteiger charge is 2.17. The standard InChI is InChI=1S/C17H23N5O/c1-13-12-16(21(2)20-13)19-17(23)18-9-5-10-22-11-8-14-6-3-4-7-15(14)22/h3-4,6-7,12H,5,8-11H2,1-2H3,(H2,18,19,23). The predicted octanol–water partition coefficient (Wildman–Crippen LogP) is 2.30. The molecule has 1 aliphatic heterocycles. The molecule has 0 spiro atoms. The van der Waals surface area contributed by atoms with Crippen molar-refractivity contribution in [1.82, 2.24) is 15.1 Å². The smallest absolute Gasteiger partial charge is 0.320 e. The van der Waals surface area contributed by atoms with Gasteiger partial charge in [-0.15, -0.1) is 0 Å². The number of amides is 2. The van der Waals surface area contributed by atoms with Gasteiger partial charge in [0.05, 0.1) is 5.69 Å². The monoisotopic (exact) mass is 313 g/mol. The van der Waals surface area contributed by atoms with Gasteiger partial charge >= 0.3 is 6.03 Å². The first-order chi connectivity index (χ1) is 11.1. The SMILES string of the molecule is Cc1cc(NC(=O)NCCCN2CCc3ccccc32)n(C)n1. The van der Waals surface area contributed by atoms with E-state index in [1.54, 1.807) is 4.68 Å². The maximum absolute atomic E-state index is 11.9. The number of benzene rings is 1. The van der Waals surface area contributed by atoms with E-state index >= 15 is 0 Å². The normalized spacial score (nSPS) is 13.0. The number of anilines is 2. The summed E-state index contributed by atoms with van der Waals surface area (Å²) in [5, 5.41) is 9.91. The van der Waals surface area contributed by atoms with Crippen LogP contribution in [0.2, 0.25) is 0 Å². The average molecular weight is 313 g/mol. The van der Waals surface area contributed by atoms with Crippen molar-refractivity contribution in [2.45, 2.75) is 19.8 Å². The van der Waals surface area contributed by atoms with E-state index in [0.29, 0.717) is 12.4 Å². The molecule has 23 heavy (non-hydrogen) atoms. The third-order valence-corrected chi connectivity index (χ3v) is 4.12. The third kappa shape index (κ3) is 3.64. The van der Waals surface area contributed by atoms with Crippen LogP contribution in [0.5, 0.6) is 0 Å². The number of aromatic nitrogens is 2. The molecule has 6 nitrogen and oxygen atoms in total. The van der Waals surface area contributed by atoms with E-state index in [2.05, 4.69) is 44.9 Å². The van der Waals surface area contributed by atoms with E-state index in [4.69, 9.17) is 0 Å². The van der Waals surface area contributed by atoms with Gasteiger partial charge < -0.3 is 10.2 Å². The Balaban J connectivity index is 1.40. The maximum Gasteiger partial charge on any atom is 0.320 e. The van der Waals surface area contributed by atoms with Crippen molar-refractivity contribution >= 4 is 17.5 Å². The van der Waals surface area contributed by atoms with E-state index in [1.807, 2.05) is 20.0 Å². The van der Waals surface area contributed by atoms with Crippen molar-refractivity contribution in [1.29, 1.82) is 0 Å². The van der Waals surface area contributed by atoms with Crippen molar-refractivity contribution < 1.29 is 4.79 Å². The molecule has 0 fully saturated rings. The number of hydrogen-bond acceptors (Lipinski definition) is 3. The fourth-order valence-electron chi connectivity index (χ4n) is 3.00. The zero-order chi connectivity index (χ0) is 16.2. The van der Waals surface area contributed by atoms with Crippen LogP contribution in [0.25, 0.3) is 0 Å². The lowest BCUT2D eigenvalue weighted by Crippen LogP contribution is -2.32. The Labute approximate surface area is 136 Å². The summed E-state index contributed by atoms with van der Waals surface area (Å²) in [5.74, 6) is 0.702. The van der Waals surface area contributed by atoms with Gasteiger partial charge in [0.25, 0.3) is 0 Å². The van der Waals surface area contributed by atoms with Gasteiger partial charge in [0.1, 0.15) is 5.82 Å². The molecule has 0 bridgehead atoms. The first kappa shape index (κ1) is 15.4. The molecule has 0 saturated carbocycles. The van der Waals surface area contributed by atoms with E-state index in [1.165, 1.54) is 11.3 Å². The van der Waals surface area contributed by atoms with Crippen molar-refractivity contribution in [2.75, 3.05) is 29.9 Å². The molecule has 1 aromatic heterocycles. The fourth-order valence-corrected chi connectivity index (χ4v) is 3.00. The quantitative estimate of drug-likeness (QED) is 0.833. The molecule has 0 unspecified atom stereocenters. The first-order valence-electron chi connectivity index (χ1n) is 8.02. The van der Waals surface area contributed by atoms with Crippen LogP contribution in [0.3, 0.4) is 0 Å². The molecule has 1 aliphatic rings. The third-order valence-electron chi connectivity index (χ3n) is 4.12. The van der Waals surface area contributed by atoms with Gasteiger partial charge in [-0.05, 0) is 31.4 Å². The van der Waals surface area contributed by atoms with Crippen molar-refractivity contribution in [3.05, 3.63) is 41.6 Å². The largest absolute Gasteiger partial charge is 0.371 e. The first-order valence-corrected chi connectivity index (χ1v) is 8.02. The summed E-state index contributed by atoms with van der Waals surface area (Å²) in [6.07, 6.45) is 2.04. The lowest BCUT2D eigenvalue weighted by Gasteiger charge is -2.19. The molecule has 2 aromatic rings. The molecule has 0 aliphatic carbocycles. The van der Waals surface area contributed by atoms with Crippen LogP contribution >= 0.6 is 0 Å². The summed E-state index contributed by atoms with van der Waals surface area (Å²) in [7, 11) is 1.81. The van der Waals surface area contributed by atoms with Gasteiger partial charge in [-0.1, -0.05) is 18.2 Å². The summed E-state index contributed by atoms with van der Waals surface area (Å²) >= 11 is 0. The highest BCUT2D eigenvalue weighted by molar-refractivity contribution is 5.88. The number of urea groups is 1. The van der Waals surface area contributed by atoms with E-state index < -0.39 is 0 Å². The number of carbonyl (C=O) groups excluding carboxylic acids is 1. The minimum Gasteiger partial charge on any atom is -0.371 e. The molecule has 6 heteroatoms. The molecule has 2 N–H and O–H groups in total. The van der Waals surface area contributed by atoms with Crippen LogP contribution in [0, 0.1) is 6.92 Å². The molecular weight excluding hydrogens is 290 g/mol. The fraction of sp³-hybridized carbons (Fsp3) is 0.412. The number of para-hydroxylation sites is 1. The number of fused-ring (bicyclic) bond motifs is 1. The Morgan fingerprint density at radius 1 is 1.35 bits per heavy atom. The van der Waals surface area contributed by atoms with Gasteiger partial charge in [0, 0.05) is 38.4 Å². The molecule has 1 aromatic carbocycles. The van der Waals surface area contributed by atoms with E-state index in [9.17, 15) is 4.79 Å². The molecule has 122 valence electrons. The maximum atomic E-state index is 11.9. The van der Waals surface area contributed by atoms with Crippen molar-refractivity contribution in [3.8, 4) is 0 Å². The summed E-state index contributed by atoms with van der Waals surface area (Å²) in [6, 6.07) is 10.2. The minimum absolute atomic E-state index is 0.185. The lowest BCUT2D eigenvalue weighted by atomic mass is 10.2. The Kier molecular flexibility index (Phi) is 4.50. The Bertz CT molecular complexity index is 694. The average Bonchev–Trinajstić information content (AvgIpc) is 3.07. The highest BCUT2D eigenvalue weighted by atomic mass is 16.2. The molecule has 0 atom stereocenters. The Hall–Kier alpha value is -2.50. The molecule has 0 saturated heterocycles. The summed E-state index contributed by atoms with van der Waals surface area (Å²) in [4.78, 5) is 14.3. The van der Waals surface area contributed by atoms with Crippen LogP contribution in [-0.4, -0.2) is 35.4 Å². The molecule has 2 heterocycles. The van der Waals surface area contributed by atoms with Crippen LogP contribution in [-0.2, 0) is 13.5 Å². The van der Waals surface area contributed by atoms with Gasteiger partial charge in [-0.3, -0.25) is 10.00 Å². The van der Waals surface area contributed by atoms with E-state index in [-0.39, 0.29) is 6.03 Å². The number of carbonyl (C=O) groups is 1. The van der Waals surface area contributed by atoms with E-state index in [0.717, 1.165) is 31.6 Å². The number of nitrogens with zero attached hydrogens (tertiary/aromatic N) is 3. The second-order valence-corrected chi connectivity index (χ2v) is 5.89. The van der Waals surface area contributed by atoms with Crippen molar-refractivity contribution in [3.63, 3.8) is 0 Å². The summed E-state index contributed by atoms with van der Waals surface area (Å²) < 4.78 is 1.66. The topological polar surface area (TPSA) is 62.2 Å². The van der Waals surface area contributed by atoms with Gasteiger partial charge in [-0.25, -0.2) is 4.79 Å². The molecule has 3 rings (SSSR count). The molecule has 0 radical (unpaired) electrons. The van der Waals surface area contributed by atoms with Crippen LogP contribution in [0.4, 0.5) is 16.3 Å². The van der Waals surface area contributed by atoms with Gasteiger partial charge in [0.15, 0.2) is 0 Å². The summed E-state index contributed by atoms with van der Waals surface area (Å²) in [6.45, 7) is 4.58. The lowest BCUT2D eigenvalue weighted by molar-refractivity contribution is 0.252. The van der Waals surface area contributed by atoms with Gasteiger partial charge in [0.2, 0.25) is 0 Å². The number of hydrogen-bond donors (Lipinski definition) is 2. The molecule has 2 amide bonds.